The number of hydrogen-bond acceptors (Lipinski definition) is 7. The summed E-state index contributed by atoms with van der Waals surface area (Å²) in [4.78, 5) is 28.1. The van der Waals surface area contributed by atoms with Crippen molar-refractivity contribution in [3.63, 3.8) is 0 Å². The topological polar surface area (TPSA) is 95.1 Å². The van der Waals surface area contributed by atoms with Crippen LogP contribution in [0.15, 0.2) is 24.5 Å². The van der Waals surface area contributed by atoms with E-state index in [0.29, 0.717) is 23.2 Å². The zero-order valence-corrected chi connectivity index (χ0v) is 15.7. The van der Waals surface area contributed by atoms with E-state index in [1.165, 1.54) is 12.8 Å². The lowest BCUT2D eigenvalue weighted by atomic mass is 10.2. The molecule has 3 heterocycles. The summed E-state index contributed by atoms with van der Waals surface area (Å²) >= 11 is 0. The Balaban J connectivity index is 1.62. The molecule has 2 fully saturated rings. The van der Waals surface area contributed by atoms with Gasteiger partial charge in [-0.2, -0.15) is 4.98 Å². The van der Waals surface area contributed by atoms with Gasteiger partial charge in [0.25, 0.3) is 5.91 Å². The molecule has 1 aliphatic heterocycles. The summed E-state index contributed by atoms with van der Waals surface area (Å²) < 4.78 is 0. The first-order valence-electron chi connectivity index (χ1n) is 9.45. The molecule has 0 spiro atoms. The van der Waals surface area contributed by atoms with E-state index in [1.807, 2.05) is 12.1 Å². The molecule has 27 heavy (non-hydrogen) atoms. The van der Waals surface area contributed by atoms with Crippen LogP contribution in [0.3, 0.4) is 0 Å². The molecule has 1 saturated carbocycles. The second-order valence-electron chi connectivity index (χ2n) is 7.13. The number of piperazine rings is 1. The second kappa shape index (κ2) is 7.48. The Kier molecular flexibility index (Phi) is 4.89. The first-order valence-corrected chi connectivity index (χ1v) is 9.45. The summed E-state index contributed by atoms with van der Waals surface area (Å²) in [6.45, 7) is 4.74. The molecule has 3 N–H and O–H groups in total. The van der Waals surface area contributed by atoms with Crippen LogP contribution in [0.25, 0.3) is 0 Å². The number of hydrogen-bond donors (Lipinski definition) is 3. The van der Waals surface area contributed by atoms with Gasteiger partial charge in [-0.05, 0) is 31.9 Å². The molecule has 8 nitrogen and oxygen atoms in total. The van der Waals surface area contributed by atoms with Gasteiger partial charge in [0.15, 0.2) is 0 Å². The first-order chi connectivity index (χ1) is 13.2. The third-order valence-electron chi connectivity index (χ3n) is 5.05. The van der Waals surface area contributed by atoms with E-state index in [2.05, 4.69) is 42.7 Å². The van der Waals surface area contributed by atoms with Gasteiger partial charge in [0.05, 0.1) is 11.9 Å². The highest BCUT2D eigenvalue weighted by molar-refractivity contribution is 5.99. The van der Waals surface area contributed by atoms with Crippen LogP contribution >= 0.6 is 0 Å². The van der Waals surface area contributed by atoms with Crippen molar-refractivity contribution in [3.8, 4) is 0 Å². The summed E-state index contributed by atoms with van der Waals surface area (Å²) in [6, 6.07) is 4.32. The Morgan fingerprint density at radius 1 is 1.26 bits per heavy atom. The number of carbonyl (C=O) groups is 1. The maximum absolute atomic E-state index is 12.3. The molecule has 2 aromatic rings. The van der Waals surface area contributed by atoms with Gasteiger partial charge in [0.1, 0.15) is 11.4 Å². The average molecular weight is 367 g/mol. The molecule has 0 radical (unpaired) electrons. The summed E-state index contributed by atoms with van der Waals surface area (Å²) in [5.74, 6) is 1.51. The molecule has 8 heteroatoms. The third kappa shape index (κ3) is 3.85. The number of nitrogens with one attached hydrogen (secondary N) is 3. The first kappa shape index (κ1) is 17.7. The molecular weight excluding hydrogens is 342 g/mol. The monoisotopic (exact) mass is 367 g/mol. The third-order valence-corrected chi connectivity index (χ3v) is 5.05. The predicted molar refractivity (Wildman–Crippen MR) is 105 cm³/mol. The van der Waals surface area contributed by atoms with Crippen LogP contribution in [-0.4, -0.2) is 53.6 Å². The van der Waals surface area contributed by atoms with Crippen LogP contribution in [0.1, 0.15) is 41.7 Å². The molecule has 1 aliphatic carbocycles. The summed E-state index contributed by atoms with van der Waals surface area (Å²) in [5.41, 5.74) is 2.35. The summed E-state index contributed by atoms with van der Waals surface area (Å²) in [7, 11) is 1.60. The zero-order valence-electron chi connectivity index (χ0n) is 15.7. The van der Waals surface area contributed by atoms with Gasteiger partial charge in [0.2, 0.25) is 5.95 Å². The van der Waals surface area contributed by atoms with Crippen molar-refractivity contribution in [2.45, 2.75) is 31.7 Å². The Hall–Kier alpha value is -2.74. The van der Waals surface area contributed by atoms with E-state index in [1.54, 1.807) is 19.4 Å². The number of rotatable bonds is 5. The standard InChI is InChI=1S/C19H25N7O/c1-12-9-21-7-8-26(12)19-23-11-15(18(27)20-2)17(25-19)24-14-5-6-16(22-10-14)13-3-4-13/h5-6,10-13,21H,3-4,7-9H2,1-2H3,(H,20,27)(H,23,24,25)/t12-/m1/s1. The number of aromatic nitrogens is 3. The molecule has 1 amide bonds. The highest BCUT2D eigenvalue weighted by Crippen LogP contribution is 2.39. The minimum Gasteiger partial charge on any atom is -0.355 e. The Morgan fingerprint density at radius 2 is 2.11 bits per heavy atom. The fraction of sp³-hybridized carbons (Fsp3) is 0.474. The maximum Gasteiger partial charge on any atom is 0.256 e. The molecule has 0 unspecified atom stereocenters. The van der Waals surface area contributed by atoms with Crippen LogP contribution < -0.4 is 20.9 Å². The molecule has 1 saturated heterocycles. The van der Waals surface area contributed by atoms with E-state index in [9.17, 15) is 4.79 Å². The van der Waals surface area contributed by atoms with Gasteiger partial charge < -0.3 is 20.9 Å². The van der Waals surface area contributed by atoms with Gasteiger partial charge in [-0.1, -0.05) is 0 Å². The fourth-order valence-corrected chi connectivity index (χ4v) is 3.28. The normalized spacial score (nSPS) is 19.6. The fourth-order valence-electron chi connectivity index (χ4n) is 3.28. The number of amides is 1. The SMILES string of the molecule is CNC(=O)c1cnc(N2CCNC[C@H]2C)nc1Nc1ccc(C2CC2)nc1. The average Bonchev–Trinajstić information content (AvgIpc) is 3.54. The summed E-state index contributed by atoms with van der Waals surface area (Å²) in [6.07, 6.45) is 5.83. The van der Waals surface area contributed by atoms with Gasteiger partial charge in [-0.3, -0.25) is 9.78 Å². The summed E-state index contributed by atoms with van der Waals surface area (Å²) in [5, 5.41) is 9.26. The van der Waals surface area contributed by atoms with Crippen LogP contribution in [-0.2, 0) is 0 Å². The molecule has 0 bridgehead atoms. The van der Waals surface area contributed by atoms with Crippen molar-refractivity contribution in [2.75, 3.05) is 36.9 Å². The van der Waals surface area contributed by atoms with E-state index in [0.717, 1.165) is 31.0 Å². The smallest absolute Gasteiger partial charge is 0.256 e. The lowest BCUT2D eigenvalue weighted by Gasteiger charge is -2.34. The number of pyridine rings is 1. The highest BCUT2D eigenvalue weighted by Gasteiger charge is 2.25. The lowest BCUT2D eigenvalue weighted by Crippen LogP contribution is -2.50. The highest BCUT2D eigenvalue weighted by atomic mass is 16.1. The molecule has 2 aliphatic rings. The molecular formula is C19H25N7O. The molecule has 2 aromatic heterocycles. The quantitative estimate of drug-likeness (QED) is 0.739. The Morgan fingerprint density at radius 3 is 2.78 bits per heavy atom. The van der Waals surface area contributed by atoms with E-state index < -0.39 is 0 Å². The van der Waals surface area contributed by atoms with Crippen molar-refractivity contribution >= 4 is 23.4 Å². The molecule has 1 atom stereocenters. The lowest BCUT2D eigenvalue weighted by molar-refractivity contribution is 0.0963. The second-order valence-corrected chi connectivity index (χ2v) is 7.13. The number of carbonyl (C=O) groups excluding carboxylic acids is 1. The van der Waals surface area contributed by atoms with Crippen molar-refractivity contribution in [2.24, 2.45) is 0 Å². The Bertz CT molecular complexity index is 819. The van der Waals surface area contributed by atoms with Crippen LogP contribution in [0.5, 0.6) is 0 Å². The van der Waals surface area contributed by atoms with E-state index >= 15 is 0 Å². The number of nitrogens with zero attached hydrogens (tertiary/aromatic N) is 4. The largest absolute Gasteiger partial charge is 0.355 e. The minimum atomic E-state index is -0.222. The van der Waals surface area contributed by atoms with Gasteiger partial charge >= 0.3 is 0 Å². The van der Waals surface area contributed by atoms with E-state index in [4.69, 9.17) is 0 Å². The van der Waals surface area contributed by atoms with E-state index in [-0.39, 0.29) is 11.9 Å². The molecule has 142 valence electrons. The molecule has 0 aromatic carbocycles. The van der Waals surface area contributed by atoms with Gasteiger partial charge in [-0.25, -0.2) is 4.98 Å². The van der Waals surface area contributed by atoms with Gasteiger partial charge in [-0.15, -0.1) is 0 Å². The van der Waals surface area contributed by atoms with Gasteiger partial charge in [0, 0.05) is 50.5 Å². The minimum absolute atomic E-state index is 0.222. The van der Waals surface area contributed by atoms with Crippen molar-refractivity contribution in [3.05, 3.63) is 35.8 Å². The van der Waals surface area contributed by atoms with Crippen LogP contribution in [0.2, 0.25) is 0 Å². The van der Waals surface area contributed by atoms with Crippen LogP contribution in [0, 0.1) is 0 Å². The van der Waals surface area contributed by atoms with Crippen molar-refractivity contribution < 1.29 is 4.79 Å². The molecule has 4 rings (SSSR count). The van der Waals surface area contributed by atoms with Crippen molar-refractivity contribution in [1.82, 2.24) is 25.6 Å². The Labute approximate surface area is 158 Å². The van der Waals surface area contributed by atoms with Crippen molar-refractivity contribution in [1.29, 1.82) is 0 Å². The maximum atomic E-state index is 12.3. The number of anilines is 3. The zero-order chi connectivity index (χ0) is 18.8. The van der Waals surface area contributed by atoms with Crippen LogP contribution in [0.4, 0.5) is 17.5 Å². The predicted octanol–water partition coefficient (Wildman–Crippen LogP) is 1.65.